The fourth-order valence-electron chi connectivity index (χ4n) is 3.09. The van der Waals surface area contributed by atoms with Crippen LogP contribution in [0.4, 0.5) is 9.18 Å². The molecule has 0 spiro atoms. The Balaban J connectivity index is 1.80. The highest BCUT2D eigenvalue weighted by atomic mass is 79.9. The van der Waals surface area contributed by atoms with E-state index >= 15 is 0 Å². The maximum atomic E-state index is 13.3. The summed E-state index contributed by atoms with van der Waals surface area (Å²) in [4.78, 5) is 24.2. The van der Waals surface area contributed by atoms with Crippen molar-refractivity contribution < 1.29 is 14.0 Å². The molecule has 138 valence electrons. The van der Waals surface area contributed by atoms with E-state index in [9.17, 15) is 14.0 Å². The largest absolute Gasteiger partial charge is 0.354 e. The second kappa shape index (κ2) is 9.17. The van der Waals surface area contributed by atoms with Gasteiger partial charge in [0.2, 0.25) is 5.91 Å². The zero-order valence-corrected chi connectivity index (χ0v) is 16.2. The van der Waals surface area contributed by atoms with Crippen molar-refractivity contribution in [2.24, 2.45) is 5.92 Å². The number of rotatable bonds is 5. The number of urea groups is 1. The van der Waals surface area contributed by atoms with Crippen molar-refractivity contribution >= 4 is 27.9 Å². The van der Waals surface area contributed by atoms with E-state index in [0.29, 0.717) is 16.5 Å². The van der Waals surface area contributed by atoms with E-state index in [2.05, 4.69) is 31.9 Å². The van der Waals surface area contributed by atoms with Gasteiger partial charge >= 0.3 is 6.03 Å². The van der Waals surface area contributed by atoms with Crippen molar-refractivity contribution in [3.63, 3.8) is 0 Å². The number of carbonyl (C=O) groups excluding carboxylic acids is 2. The lowest BCUT2D eigenvalue weighted by atomic mass is 9.85. The Morgan fingerprint density at radius 3 is 2.72 bits per heavy atom. The van der Waals surface area contributed by atoms with Crippen LogP contribution in [0.1, 0.15) is 45.1 Å². The fourth-order valence-corrected chi connectivity index (χ4v) is 3.61. The molecular weight excluding hydrogens is 389 g/mol. The smallest absolute Gasteiger partial charge is 0.315 e. The van der Waals surface area contributed by atoms with Crippen LogP contribution < -0.4 is 16.0 Å². The minimum absolute atomic E-state index is 0.0177. The van der Waals surface area contributed by atoms with Crippen LogP contribution in [-0.2, 0) is 11.3 Å². The molecule has 1 saturated carbocycles. The van der Waals surface area contributed by atoms with Gasteiger partial charge in [-0.05, 0) is 56.9 Å². The van der Waals surface area contributed by atoms with Gasteiger partial charge in [-0.3, -0.25) is 4.79 Å². The van der Waals surface area contributed by atoms with E-state index in [1.807, 2.05) is 13.8 Å². The molecule has 3 amide bonds. The Bertz CT molecular complexity index is 604. The van der Waals surface area contributed by atoms with Crippen molar-refractivity contribution in [2.75, 3.05) is 0 Å². The summed E-state index contributed by atoms with van der Waals surface area (Å²) in [7, 11) is 0. The van der Waals surface area contributed by atoms with Crippen molar-refractivity contribution in [2.45, 2.75) is 58.2 Å². The first-order chi connectivity index (χ1) is 11.8. The first-order valence-corrected chi connectivity index (χ1v) is 9.42. The normalized spacial score (nSPS) is 20.2. The molecular formula is C18H25BrFN3O2. The molecule has 25 heavy (non-hydrogen) atoms. The first kappa shape index (κ1) is 19.7. The van der Waals surface area contributed by atoms with E-state index < -0.39 is 0 Å². The van der Waals surface area contributed by atoms with Crippen molar-refractivity contribution in [3.8, 4) is 0 Å². The van der Waals surface area contributed by atoms with Crippen molar-refractivity contribution in [3.05, 3.63) is 34.1 Å². The van der Waals surface area contributed by atoms with Crippen LogP contribution in [0.15, 0.2) is 22.7 Å². The summed E-state index contributed by atoms with van der Waals surface area (Å²) in [6.45, 7) is 4.12. The highest BCUT2D eigenvalue weighted by Gasteiger charge is 2.28. The van der Waals surface area contributed by atoms with Gasteiger partial charge in [0.05, 0.1) is 0 Å². The summed E-state index contributed by atoms with van der Waals surface area (Å²) in [6.07, 6.45) is 3.29. The van der Waals surface area contributed by atoms with Crippen LogP contribution in [0.5, 0.6) is 0 Å². The van der Waals surface area contributed by atoms with Crippen LogP contribution in [-0.4, -0.2) is 24.0 Å². The van der Waals surface area contributed by atoms with Gasteiger partial charge in [0, 0.05) is 29.0 Å². The third-order valence-electron chi connectivity index (χ3n) is 4.19. The number of hydrogen-bond acceptors (Lipinski definition) is 2. The molecule has 1 aromatic rings. The molecule has 0 aliphatic heterocycles. The Labute approximate surface area is 156 Å². The van der Waals surface area contributed by atoms with Gasteiger partial charge in [-0.2, -0.15) is 0 Å². The minimum Gasteiger partial charge on any atom is -0.354 e. The predicted octanol–water partition coefficient (Wildman–Crippen LogP) is 3.47. The van der Waals surface area contributed by atoms with Crippen molar-refractivity contribution in [1.29, 1.82) is 0 Å². The van der Waals surface area contributed by atoms with Crippen LogP contribution in [0, 0.1) is 11.7 Å². The lowest BCUT2D eigenvalue weighted by molar-refractivity contribution is -0.126. The molecule has 0 radical (unpaired) electrons. The van der Waals surface area contributed by atoms with Gasteiger partial charge in [0.25, 0.3) is 0 Å². The molecule has 1 aliphatic rings. The third kappa shape index (κ3) is 6.65. The first-order valence-electron chi connectivity index (χ1n) is 8.63. The average Bonchev–Trinajstić information content (AvgIpc) is 2.52. The molecule has 2 atom stereocenters. The second-order valence-electron chi connectivity index (χ2n) is 6.83. The fraction of sp³-hybridized carbons (Fsp3) is 0.556. The lowest BCUT2D eigenvalue weighted by Crippen LogP contribution is -2.46. The van der Waals surface area contributed by atoms with E-state index in [1.54, 1.807) is 6.07 Å². The molecule has 3 N–H and O–H groups in total. The minimum atomic E-state index is -0.349. The van der Waals surface area contributed by atoms with Gasteiger partial charge in [0.15, 0.2) is 0 Å². The third-order valence-corrected chi connectivity index (χ3v) is 4.64. The second-order valence-corrected chi connectivity index (χ2v) is 7.74. The van der Waals surface area contributed by atoms with Crippen molar-refractivity contribution in [1.82, 2.24) is 16.0 Å². The molecule has 0 bridgehead atoms. The zero-order valence-electron chi connectivity index (χ0n) is 14.6. The maximum Gasteiger partial charge on any atom is 0.315 e. The molecule has 1 aliphatic carbocycles. The van der Waals surface area contributed by atoms with Gasteiger partial charge in [-0.15, -0.1) is 0 Å². The monoisotopic (exact) mass is 413 g/mol. The van der Waals surface area contributed by atoms with Crippen LogP contribution >= 0.6 is 15.9 Å². The average molecular weight is 414 g/mol. The summed E-state index contributed by atoms with van der Waals surface area (Å²) in [5.41, 5.74) is 0.680. The Kier molecular flexibility index (Phi) is 7.23. The summed E-state index contributed by atoms with van der Waals surface area (Å²) >= 11 is 3.23. The van der Waals surface area contributed by atoms with Gasteiger partial charge in [0.1, 0.15) is 5.82 Å². The van der Waals surface area contributed by atoms with Gasteiger partial charge in [-0.25, -0.2) is 9.18 Å². The molecule has 2 unspecified atom stereocenters. The SMILES string of the molecule is CC(C)NC(=O)C1CCCC(NC(=O)NCc2cc(F)cc(Br)c2)C1. The number of hydrogen-bond donors (Lipinski definition) is 3. The molecule has 0 saturated heterocycles. The topological polar surface area (TPSA) is 70.2 Å². The predicted molar refractivity (Wildman–Crippen MR) is 98.5 cm³/mol. The molecule has 0 heterocycles. The summed E-state index contributed by atoms with van der Waals surface area (Å²) < 4.78 is 14.0. The molecule has 1 fully saturated rings. The number of nitrogens with one attached hydrogen (secondary N) is 3. The van der Waals surface area contributed by atoms with Crippen LogP contribution in [0.2, 0.25) is 0 Å². The Morgan fingerprint density at radius 2 is 2.04 bits per heavy atom. The van der Waals surface area contributed by atoms with Crippen LogP contribution in [0.3, 0.4) is 0 Å². The van der Waals surface area contributed by atoms with E-state index in [1.165, 1.54) is 12.1 Å². The number of benzene rings is 1. The molecule has 2 rings (SSSR count). The maximum absolute atomic E-state index is 13.3. The number of halogens is 2. The standard InChI is InChI=1S/C18H25BrFN3O2/c1-11(2)22-17(24)13-4-3-5-16(8-13)23-18(25)21-10-12-6-14(19)9-15(20)7-12/h6-7,9,11,13,16H,3-5,8,10H2,1-2H3,(H,22,24)(H2,21,23,25). The van der Waals surface area contributed by atoms with Gasteiger partial charge in [-0.1, -0.05) is 22.4 Å². The summed E-state index contributed by atoms with van der Waals surface area (Å²) in [6, 6.07) is 4.32. The Morgan fingerprint density at radius 1 is 1.28 bits per heavy atom. The molecule has 1 aromatic carbocycles. The molecule has 5 nitrogen and oxygen atoms in total. The van der Waals surface area contributed by atoms with Crippen LogP contribution in [0.25, 0.3) is 0 Å². The number of amides is 3. The highest BCUT2D eigenvalue weighted by molar-refractivity contribution is 9.10. The van der Waals surface area contributed by atoms with E-state index in [-0.39, 0.29) is 42.3 Å². The summed E-state index contributed by atoms with van der Waals surface area (Å²) in [5.74, 6) is -0.343. The number of carbonyl (C=O) groups is 2. The van der Waals surface area contributed by atoms with Gasteiger partial charge < -0.3 is 16.0 Å². The van der Waals surface area contributed by atoms with E-state index in [0.717, 1.165) is 19.3 Å². The van der Waals surface area contributed by atoms with E-state index in [4.69, 9.17) is 0 Å². The molecule has 0 aromatic heterocycles. The zero-order chi connectivity index (χ0) is 18.4. The Hall–Kier alpha value is -1.63. The highest BCUT2D eigenvalue weighted by Crippen LogP contribution is 2.24. The summed E-state index contributed by atoms with van der Waals surface area (Å²) in [5, 5.41) is 8.60. The lowest BCUT2D eigenvalue weighted by Gasteiger charge is -2.29. The quantitative estimate of drug-likeness (QED) is 0.691. The molecule has 7 heteroatoms.